The van der Waals surface area contributed by atoms with E-state index in [1.165, 1.54) is 0 Å². The summed E-state index contributed by atoms with van der Waals surface area (Å²) >= 11 is 0. The van der Waals surface area contributed by atoms with Crippen LogP contribution in [0.3, 0.4) is 0 Å². The summed E-state index contributed by atoms with van der Waals surface area (Å²) in [6.45, 7) is 2.54. The van der Waals surface area contributed by atoms with Crippen molar-refractivity contribution < 1.29 is 0 Å². The van der Waals surface area contributed by atoms with Gasteiger partial charge in [0.05, 0.1) is 6.54 Å². The highest BCUT2D eigenvalue weighted by Gasteiger charge is 1.94. The Kier molecular flexibility index (Phi) is 3.87. The van der Waals surface area contributed by atoms with E-state index in [4.69, 9.17) is 12.0 Å². The third kappa shape index (κ3) is 3.35. The van der Waals surface area contributed by atoms with Crippen LogP contribution in [-0.2, 0) is 0 Å². The van der Waals surface area contributed by atoms with E-state index in [-0.39, 0.29) is 0 Å². The SMILES string of the molecule is C#CCC(C)CN=N. The fourth-order valence-electron chi connectivity index (χ4n) is 0.422. The van der Waals surface area contributed by atoms with Gasteiger partial charge in [-0.3, -0.25) is 0 Å². The summed E-state index contributed by atoms with van der Waals surface area (Å²) in [5.74, 6) is 2.88. The van der Waals surface area contributed by atoms with Gasteiger partial charge in [0.25, 0.3) is 0 Å². The van der Waals surface area contributed by atoms with Gasteiger partial charge in [-0.15, -0.1) is 12.3 Å². The van der Waals surface area contributed by atoms with E-state index in [2.05, 4.69) is 11.0 Å². The first kappa shape index (κ1) is 7.16. The molecule has 0 aliphatic rings. The summed E-state index contributed by atoms with van der Waals surface area (Å²) in [5, 5.41) is 3.21. The van der Waals surface area contributed by atoms with E-state index in [9.17, 15) is 0 Å². The molecule has 8 heavy (non-hydrogen) atoms. The summed E-state index contributed by atoms with van der Waals surface area (Å²) in [6.07, 6.45) is 5.73. The molecule has 0 fully saturated rings. The molecule has 2 heteroatoms. The van der Waals surface area contributed by atoms with Crippen molar-refractivity contribution in [2.24, 2.45) is 11.0 Å². The summed E-state index contributed by atoms with van der Waals surface area (Å²) in [7, 11) is 0. The van der Waals surface area contributed by atoms with E-state index >= 15 is 0 Å². The Morgan fingerprint density at radius 2 is 2.50 bits per heavy atom. The molecule has 2 nitrogen and oxygen atoms in total. The van der Waals surface area contributed by atoms with Crippen LogP contribution in [0, 0.1) is 23.8 Å². The van der Waals surface area contributed by atoms with Gasteiger partial charge in [-0.2, -0.15) is 5.11 Å². The summed E-state index contributed by atoms with van der Waals surface area (Å²) in [4.78, 5) is 0. The molecule has 0 heterocycles. The molecule has 0 aromatic carbocycles. The largest absolute Gasteiger partial charge is 0.210 e. The molecule has 0 spiro atoms. The predicted molar refractivity (Wildman–Crippen MR) is 32.6 cm³/mol. The molecule has 0 saturated carbocycles. The topological polar surface area (TPSA) is 36.2 Å². The highest BCUT2D eigenvalue weighted by Crippen LogP contribution is 1.98. The first-order chi connectivity index (χ1) is 3.81. The van der Waals surface area contributed by atoms with Gasteiger partial charge in [0, 0.05) is 6.42 Å². The van der Waals surface area contributed by atoms with Gasteiger partial charge in [0.2, 0.25) is 0 Å². The molecule has 0 aliphatic heterocycles. The summed E-state index contributed by atoms with van der Waals surface area (Å²) in [5.41, 5.74) is 6.47. The molecule has 1 unspecified atom stereocenters. The van der Waals surface area contributed by atoms with Crippen LogP contribution < -0.4 is 0 Å². The molecule has 0 aliphatic carbocycles. The van der Waals surface area contributed by atoms with Crippen LogP contribution in [0.4, 0.5) is 0 Å². The van der Waals surface area contributed by atoms with Crippen molar-refractivity contribution in [1.82, 2.24) is 0 Å². The fraction of sp³-hybridized carbons (Fsp3) is 0.667. The number of hydrogen-bond donors (Lipinski definition) is 1. The molecule has 0 aromatic heterocycles. The van der Waals surface area contributed by atoms with Crippen molar-refractivity contribution in [2.45, 2.75) is 13.3 Å². The molecule has 44 valence electrons. The molecule has 0 bridgehead atoms. The average Bonchev–Trinajstić information content (AvgIpc) is 1.68. The number of nitrogens with one attached hydrogen (secondary N) is 1. The quantitative estimate of drug-likeness (QED) is 0.424. The van der Waals surface area contributed by atoms with Gasteiger partial charge in [0.1, 0.15) is 0 Å². The number of nitrogens with zero attached hydrogens (tertiary/aromatic N) is 1. The first-order valence-corrected chi connectivity index (χ1v) is 2.58. The fourth-order valence-corrected chi connectivity index (χ4v) is 0.422. The van der Waals surface area contributed by atoms with Gasteiger partial charge < -0.3 is 0 Å². The number of hydrogen-bond acceptors (Lipinski definition) is 2. The van der Waals surface area contributed by atoms with E-state index in [1.807, 2.05) is 6.92 Å². The van der Waals surface area contributed by atoms with Crippen molar-refractivity contribution in [3.8, 4) is 12.3 Å². The Morgan fingerprint density at radius 3 is 2.88 bits per heavy atom. The Hall–Kier alpha value is -0.840. The maximum atomic E-state index is 6.47. The molecular formula is C6H10N2. The van der Waals surface area contributed by atoms with E-state index < -0.39 is 0 Å². The highest BCUT2D eigenvalue weighted by atomic mass is 14.9. The van der Waals surface area contributed by atoms with Crippen molar-refractivity contribution in [3.05, 3.63) is 0 Å². The van der Waals surface area contributed by atoms with Crippen LogP contribution >= 0.6 is 0 Å². The minimum absolute atomic E-state index is 0.373. The zero-order valence-electron chi connectivity index (χ0n) is 5.02. The second-order valence-electron chi connectivity index (χ2n) is 1.85. The second-order valence-corrected chi connectivity index (χ2v) is 1.85. The van der Waals surface area contributed by atoms with Crippen molar-refractivity contribution in [1.29, 1.82) is 5.53 Å². The van der Waals surface area contributed by atoms with Crippen molar-refractivity contribution in [3.63, 3.8) is 0 Å². The standard InChI is InChI=1S/C6H10N2/c1-3-4-6(2)5-8-7/h1,6-7H,4-5H2,2H3. The highest BCUT2D eigenvalue weighted by molar-refractivity contribution is 4.85. The average molecular weight is 110 g/mol. The second kappa shape index (κ2) is 4.32. The predicted octanol–water partition coefficient (Wildman–Crippen LogP) is 1.68. The lowest BCUT2D eigenvalue weighted by Gasteiger charge is -1.98. The van der Waals surface area contributed by atoms with E-state index in [1.54, 1.807) is 0 Å². The maximum absolute atomic E-state index is 6.47. The third-order valence-electron chi connectivity index (χ3n) is 0.869. The van der Waals surface area contributed by atoms with Gasteiger partial charge in [-0.1, -0.05) is 6.92 Å². The Balaban J connectivity index is 3.20. The van der Waals surface area contributed by atoms with Crippen molar-refractivity contribution in [2.75, 3.05) is 6.54 Å². The maximum Gasteiger partial charge on any atom is 0.0631 e. The molecule has 0 aromatic rings. The lowest BCUT2D eigenvalue weighted by atomic mass is 10.1. The molecule has 0 saturated heterocycles. The zero-order valence-corrected chi connectivity index (χ0v) is 5.02. The van der Waals surface area contributed by atoms with Crippen molar-refractivity contribution >= 4 is 0 Å². The van der Waals surface area contributed by atoms with Gasteiger partial charge in [-0.25, -0.2) is 5.53 Å². The summed E-state index contributed by atoms with van der Waals surface area (Å²) in [6, 6.07) is 0. The Bertz CT molecular complexity index is 102. The smallest absolute Gasteiger partial charge is 0.0631 e. The van der Waals surface area contributed by atoms with Crippen LogP contribution in [0.25, 0.3) is 0 Å². The van der Waals surface area contributed by atoms with Gasteiger partial charge >= 0.3 is 0 Å². The molecule has 0 rings (SSSR count). The molecule has 1 N–H and O–H groups in total. The van der Waals surface area contributed by atoms with Gasteiger partial charge in [-0.05, 0) is 5.92 Å². The van der Waals surface area contributed by atoms with Crippen LogP contribution in [0.2, 0.25) is 0 Å². The minimum Gasteiger partial charge on any atom is -0.210 e. The van der Waals surface area contributed by atoms with Crippen LogP contribution in [-0.4, -0.2) is 6.54 Å². The van der Waals surface area contributed by atoms with Gasteiger partial charge in [0.15, 0.2) is 0 Å². The Morgan fingerprint density at radius 1 is 1.88 bits per heavy atom. The van der Waals surface area contributed by atoms with Crippen LogP contribution in [0.1, 0.15) is 13.3 Å². The molecule has 0 radical (unpaired) electrons. The van der Waals surface area contributed by atoms with E-state index in [0.29, 0.717) is 12.5 Å². The Labute approximate surface area is 49.8 Å². The monoisotopic (exact) mass is 110 g/mol. The molecular weight excluding hydrogens is 100 g/mol. The van der Waals surface area contributed by atoms with E-state index in [0.717, 1.165) is 6.42 Å². The van der Waals surface area contributed by atoms with Crippen LogP contribution in [0.15, 0.2) is 5.11 Å². The lowest BCUT2D eigenvalue weighted by molar-refractivity contribution is 0.594. The first-order valence-electron chi connectivity index (χ1n) is 2.58. The number of rotatable bonds is 3. The number of terminal acetylenes is 1. The minimum atomic E-state index is 0.373. The summed E-state index contributed by atoms with van der Waals surface area (Å²) < 4.78 is 0. The molecule has 1 atom stereocenters. The van der Waals surface area contributed by atoms with Crippen LogP contribution in [0.5, 0.6) is 0 Å². The zero-order chi connectivity index (χ0) is 6.41. The third-order valence-corrected chi connectivity index (χ3v) is 0.869. The molecule has 0 amide bonds. The lowest BCUT2D eigenvalue weighted by Crippen LogP contribution is -1.95. The normalized spacial score (nSPS) is 12.0.